The second-order valence-corrected chi connectivity index (χ2v) is 9.67. The van der Waals surface area contributed by atoms with Gasteiger partial charge in [0.15, 0.2) is 11.5 Å². The van der Waals surface area contributed by atoms with Gasteiger partial charge in [-0.05, 0) is 67.8 Å². The minimum atomic E-state index is -0.995. The standard InChI is InChI=1S/C30H31FN2O4/c1-20-7-14-25(15-8-20)33(30(35)22-11-16-26-27(19-22)37-18-17-36-26)28(21-9-12-23(31)13-10-21)29(34)32-24-5-3-2-4-6-24/h7-16,19,24,28H,2-6,17-18H2,1H3,(H,32,34). The van der Waals surface area contributed by atoms with Gasteiger partial charge in [-0.15, -0.1) is 0 Å². The fourth-order valence-corrected chi connectivity index (χ4v) is 4.99. The van der Waals surface area contributed by atoms with Gasteiger partial charge in [-0.3, -0.25) is 14.5 Å². The van der Waals surface area contributed by atoms with E-state index in [1.165, 1.54) is 17.0 Å². The Kier molecular flexibility index (Phi) is 7.40. The first-order valence-electron chi connectivity index (χ1n) is 12.9. The summed E-state index contributed by atoms with van der Waals surface area (Å²) in [4.78, 5) is 29.6. The number of nitrogens with one attached hydrogen (secondary N) is 1. The smallest absolute Gasteiger partial charge is 0.259 e. The maximum atomic E-state index is 14.2. The van der Waals surface area contributed by atoms with Crippen molar-refractivity contribution in [2.45, 2.75) is 51.1 Å². The Hall–Kier alpha value is -3.87. The zero-order chi connectivity index (χ0) is 25.8. The van der Waals surface area contributed by atoms with Crippen LogP contribution in [0.25, 0.3) is 0 Å². The molecular weight excluding hydrogens is 471 g/mol. The highest BCUT2D eigenvalue weighted by Crippen LogP contribution is 2.35. The normalized spacial score (nSPS) is 16.1. The van der Waals surface area contributed by atoms with E-state index in [1.807, 2.05) is 31.2 Å². The van der Waals surface area contributed by atoms with Gasteiger partial charge in [0.05, 0.1) is 0 Å². The molecule has 1 N–H and O–H groups in total. The van der Waals surface area contributed by atoms with Gasteiger partial charge in [-0.25, -0.2) is 4.39 Å². The number of benzene rings is 3. The van der Waals surface area contributed by atoms with Gasteiger partial charge < -0.3 is 14.8 Å². The number of rotatable bonds is 6. The summed E-state index contributed by atoms with van der Waals surface area (Å²) in [5.41, 5.74) is 2.49. The number of hydrogen-bond acceptors (Lipinski definition) is 4. The van der Waals surface area contributed by atoms with Gasteiger partial charge in [-0.1, -0.05) is 49.1 Å². The van der Waals surface area contributed by atoms with E-state index >= 15 is 0 Å². The Morgan fingerprint density at radius 3 is 2.27 bits per heavy atom. The number of nitrogens with zero attached hydrogens (tertiary/aromatic N) is 1. The number of fused-ring (bicyclic) bond motifs is 1. The Labute approximate surface area is 216 Å². The van der Waals surface area contributed by atoms with Gasteiger partial charge in [0, 0.05) is 17.3 Å². The molecule has 37 heavy (non-hydrogen) atoms. The molecule has 1 atom stereocenters. The fourth-order valence-electron chi connectivity index (χ4n) is 4.99. The summed E-state index contributed by atoms with van der Waals surface area (Å²) >= 11 is 0. The minimum absolute atomic E-state index is 0.0495. The highest BCUT2D eigenvalue weighted by molar-refractivity contribution is 6.10. The van der Waals surface area contributed by atoms with Crippen molar-refractivity contribution in [2.24, 2.45) is 0 Å². The Morgan fingerprint density at radius 1 is 0.892 bits per heavy atom. The predicted molar refractivity (Wildman–Crippen MR) is 140 cm³/mol. The Morgan fingerprint density at radius 2 is 1.57 bits per heavy atom. The van der Waals surface area contributed by atoms with Crippen molar-refractivity contribution in [3.63, 3.8) is 0 Å². The molecule has 0 spiro atoms. The lowest BCUT2D eigenvalue weighted by Gasteiger charge is -2.34. The molecule has 6 nitrogen and oxygen atoms in total. The van der Waals surface area contributed by atoms with Crippen molar-refractivity contribution < 1.29 is 23.5 Å². The third kappa shape index (κ3) is 5.61. The molecule has 1 unspecified atom stereocenters. The van der Waals surface area contributed by atoms with E-state index in [9.17, 15) is 14.0 Å². The van der Waals surface area contributed by atoms with E-state index in [4.69, 9.17) is 9.47 Å². The predicted octanol–water partition coefficient (Wildman–Crippen LogP) is 5.74. The van der Waals surface area contributed by atoms with Gasteiger partial charge in [0.2, 0.25) is 5.91 Å². The molecule has 1 heterocycles. The molecule has 1 aliphatic heterocycles. The molecule has 1 aliphatic carbocycles. The van der Waals surface area contributed by atoms with Crippen LogP contribution < -0.4 is 19.7 Å². The minimum Gasteiger partial charge on any atom is -0.486 e. The molecule has 1 fully saturated rings. The Balaban J connectivity index is 1.58. The second kappa shape index (κ2) is 11.0. The number of hydrogen-bond donors (Lipinski definition) is 1. The number of carbonyl (C=O) groups is 2. The molecule has 2 amide bonds. The molecule has 0 radical (unpaired) electrons. The molecule has 0 saturated heterocycles. The summed E-state index contributed by atoms with van der Waals surface area (Å²) in [6.07, 6.45) is 5.09. The average Bonchev–Trinajstić information content (AvgIpc) is 2.93. The lowest BCUT2D eigenvalue weighted by molar-refractivity contribution is -0.123. The van der Waals surface area contributed by atoms with E-state index in [1.54, 1.807) is 30.3 Å². The van der Waals surface area contributed by atoms with Crippen LogP contribution in [0.3, 0.4) is 0 Å². The molecular formula is C30H31FN2O4. The molecule has 3 aromatic rings. The molecule has 192 valence electrons. The summed E-state index contributed by atoms with van der Waals surface area (Å²) in [5, 5.41) is 3.18. The lowest BCUT2D eigenvalue weighted by Crippen LogP contribution is -2.47. The third-order valence-corrected chi connectivity index (χ3v) is 6.96. The zero-order valence-corrected chi connectivity index (χ0v) is 20.9. The van der Waals surface area contributed by atoms with Crippen molar-refractivity contribution >= 4 is 17.5 Å². The fraction of sp³-hybridized carbons (Fsp3) is 0.333. The lowest BCUT2D eigenvalue weighted by atomic mass is 9.94. The van der Waals surface area contributed by atoms with Crippen LogP contribution in [0.15, 0.2) is 66.7 Å². The maximum Gasteiger partial charge on any atom is 0.259 e. The zero-order valence-electron chi connectivity index (χ0n) is 20.9. The molecule has 2 aliphatic rings. The number of carbonyl (C=O) groups excluding carboxylic acids is 2. The van der Waals surface area contributed by atoms with Gasteiger partial charge >= 0.3 is 0 Å². The van der Waals surface area contributed by atoms with Gasteiger partial charge in [0.1, 0.15) is 25.1 Å². The van der Waals surface area contributed by atoms with Crippen LogP contribution in [-0.2, 0) is 4.79 Å². The number of ether oxygens (including phenoxy) is 2. The van der Waals surface area contributed by atoms with Crippen LogP contribution >= 0.6 is 0 Å². The topological polar surface area (TPSA) is 67.9 Å². The highest BCUT2D eigenvalue weighted by atomic mass is 19.1. The first-order chi connectivity index (χ1) is 18.0. The molecule has 5 rings (SSSR count). The van der Waals surface area contributed by atoms with Crippen molar-refractivity contribution in [1.82, 2.24) is 5.32 Å². The monoisotopic (exact) mass is 502 g/mol. The Bertz CT molecular complexity index is 1250. The molecule has 0 bridgehead atoms. The number of halogens is 1. The van der Waals surface area contributed by atoms with Crippen LogP contribution in [-0.4, -0.2) is 31.1 Å². The maximum absolute atomic E-state index is 14.2. The number of amides is 2. The third-order valence-electron chi connectivity index (χ3n) is 6.96. The first kappa shape index (κ1) is 24.8. The van der Waals surface area contributed by atoms with Gasteiger partial charge in [-0.2, -0.15) is 0 Å². The van der Waals surface area contributed by atoms with Crippen LogP contribution in [0, 0.1) is 12.7 Å². The van der Waals surface area contributed by atoms with E-state index < -0.39 is 11.9 Å². The SMILES string of the molecule is Cc1ccc(N(C(=O)c2ccc3c(c2)OCCO3)C(C(=O)NC2CCCCC2)c2ccc(F)cc2)cc1. The largest absolute Gasteiger partial charge is 0.486 e. The van der Waals surface area contributed by atoms with Crippen LogP contribution in [0.5, 0.6) is 11.5 Å². The average molecular weight is 503 g/mol. The van der Waals surface area contributed by atoms with Gasteiger partial charge in [0.25, 0.3) is 5.91 Å². The van der Waals surface area contributed by atoms with Crippen molar-refractivity contribution in [1.29, 1.82) is 0 Å². The summed E-state index contributed by atoms with van der Waals surface area (Å²) < 4.78 is 25.2. The van der Waals surface area contributed by atoms with Crippen LogP contribution in [0.1, 0.15) is 59.6 Å². The highest BCUT2D eigenvalue weighted by Gasteiger charge is 2.35. The molecule has 3 aromatic carbocycles. The first-order valence-corrected chi connectivity index (χ1v) is 12.9. The quantitative estimate of drug-likeness (QED) is 0.467. The molecule has 0 aromatic heterocycles. The van der Waals surface area contributed by atoms with E-state index in [-0.39, 0.29) is 17.9 Å². The number of aryl methyl sites for hydroxylation is 1. The summed E-state index contributed by atoms with van der Waals surface area (Å²) in [7, 11) is 0. The molecule has 1 saturated carbocycles. The van der Waals surface area contributed by atoms with Crippen molar-refractivity contribution in [3.8, 4) is 11.5 Å². The second-order valence-electron chi connectivity index (χ2n) is 9.67. The molecule has 7 heteroatoms. The van der Waals surface area contributed by atoms with E-state index in [0.29, 0.717) is 41.5 Å². The van der Waals surface area contributed by atoms with Crippen LogP contribution in [0.2, 0.25) is 0 Å². The van der Waals surface area contributed by atoms with Crippen LogP contribution in [0.4, 0.5) is 10.1 Å². The summed E-state index contributed by atoms with van der Waals surface area (Å²) in [5.74, 6) is 0.00918. The van der Waals surface area contributed by atoms with Crippen molar-refractivity contribution in [2.75, 3.05) is 18.1 Å². The number of anilines is 1. The summed E-state index contributed by atoms with van der Waals surface area (Å²) in [6.45, 7) is 2.81. The van der Waals surface area contributed by atoms with E-state index in [2.05, 4.69) is 5.32 Å². The van der Waals surface area contributed by atoms with Crippen molar-refractivity contribution in [3.05, 3.63) is 89.2 Å². The van der Waals surface area contributed by atoms with E-state index in [0.717, 1.165) is 37.7 Å². The summed E-state index contributed by atoms with van der Waals surface area (Å²) in [6, 6.07) is 17.3.